The molecule has 1 aliphatic rings. The molecule has 25 heavy (non-hydrogen) atoms. The molecule has 0 radical (unpaired) electrons. The van der Waals surface area contributed by atoms with E-state index < -0.39 is 0 Å². The third-order valence-electron chi connectivity index (χ3n) is 4.18. The predicted octanol–water partition coefficient (Wildman–Crippen LogP) is 1.30. The summed E-state index contributed by atoms with van der Waals surface area (Å²) in [6, 6.07) is 5.73. The predicted molar refractivity (Wildman–Crippen MR) is 95.8 cm³/mol. The third kappa shape index (κ3) is 7.19. The van der Waals surface area contributed by atoms with Crippen LogP contribution in [-0.4, -0.2) is 67.4 Å². The van der Waals surface area contributed by atoms with E-state index in [1.165, 1.54) is 12.1 Å². The fourth-order valence-electron chi connectivity index (χ4n) is 2.71. The molecule has 0 aromatic heterocycles. The minimum absolute atomic E-state index is 0.0657. The molecule has 2 N–H and O–H groups in total. The molecule has 1 saturated heterocycles. The van der Waals surface area contributed by atoms with Crippen LogP contribution in [0, 0.1) is 5.82 Å². The van der Waals surface area contributed by atoms with Crippen molar-refractivity contribution in [3.8, 4) is 0 Å². The molecule has 0 spiro atoms. The van der Waals surface area contributed by atoms with Crippen LogP contribution in [0.1, 0.15) is 19.8 Å². The number of halogens is 1. The number of carbonyl (C=O) groups is 2. The molecule has 2 amide bonds. The lowest BCUT2D eigenvalue weighted by Gasteiger charge is -2.33. The van der Waals surface area contributed by atoms with Gasteiger partial charge in [0.25, 0.3) is 0 Å². The average molecular weight is 350 g/mol. The van der Waals surface area contributed by atoms with Gasteiger partial charge in [0.05, 0.1) is 13.1 Å². The number of amides is 2. The number of nitrogens with one attached hydrogen (secondary N) is 2. The molecule has 6 nitrogen and oxygen atoms in total. The standard InChI is InChI=1S/C18H27FN4O2/c1-2-3-8-20-17(24)13-22-9-11-23(12-10-22)14-18(25)21-16-6-4-15(19)5-7-16/h4-7H,2-3,8-14H2,1H3,(H,20,24)(H,21,25). The van der Waals surface area contributed by atoms with Gasteiger partial charge in [-0.25, -0.2) is 4.39 Å². The van der Waals surface area contributed by atoms with Crippen molar-refractivity contribution in [3.63, 3.8) is 0 Å². The number of rotatable bonds is 8. The number of benzene rings is 1. The fourth-order valence-corrected chi connectivity index (χ4v) is 2.71. The summed E-state index contributed by atoms with van der Waals surface area (Å²) in [7, 11) is 0. The van der Waals surface area contributed by atoms with Crippen molar-refractivity contribution in [3.05, 3.63) is 30.1 Å². The second-order valence-electron chi connectivity index (χ2n) is 6.31. The molecule has 7 heteroatoms. The molecule has 0 saturated carbocycles. The molecule has 1 aromatic rings. The summed E-state index contributed by atoms with van der Waals surface area (Å²) in [6.45, 7) is 6.58. The Morgan fingerprint density at radius 2 is 1.56 bits per heavy atom. The van der Waals surface area contributed by atoms with Gasteiger partial charge in [-0.15, -0.1) is 0 Å². The topological polar surface area (TPSA) is 64.7 Å². The van der Waals surface area contributed by atoms with Gasteiger partial charge in [-0.05, 0) is 30.7 Å². The smallest absolute Gasteiger partial charge is 0.238 e. The van der Waals surface area contributed by atoms with E-state index in [2.05, 4.69) is 27.4 Å². The lowest BCUT2D eigenvalue weighted by atomic mass is 10.3. The number of unbranched alkanes of at least 4 members (excludes halogenated alkanes) is 1. The molecule has 2 rings (SSSR count). The molecular weight excluding hydrogens is 323 g/mol. The Morgan fingerprint density at radius 1 is 1.00 bits per heavy atom. The van der Waals surface area contributed by atoms with Crippen molar-refractivity contribution in [1.82, 2.24) is 15.1 Å². The first kappa shape index (κ1) is 19.3. The van der Waals surface area contributed by atoms with E-state index >= 15 is 0 Å². The summed E-state index contributed by atoms with van der Waals surface area (Å²) in [4.78, 5) is 28.0. The summed E-state index contributed by atoms with van der Waals surface area (Å²) < 4.78 is 12.9. The van der Waals surface area contributed by atoms with E-state index in [1.807, 2.05) is 0 Å². The first-order valence-corrected chi connectivity index (χ1v) is 8.83. The van der Waals surface area contributed by atoms with Crippen LogP contribution in [0.5, 0.6) is 0 Å². The molecule has 1 heterocycles. The number of anilines is 1. The quantitative estimate of drug-likeness (QED) is 0.694. The highest BCUT2D eigenvalue weighted by molar-refractivity contribution is 5.92. The zero-order valence-electron chi connectivity index (χ0n) is 14.8. The third-order valence-corrected chi connectivity index (χ3v) is 4.18. The van der Waals surface area contributed by atoms with Gasteiger partial charge in [0.1, 0.15) is 5.82 Å². The van der Waals surface area contributed by atoms with Crippen LogP contribution in [0.25, 0.3) is 0 Å². The number of piperazine rings is 1. The van der Waals surface area contributed by atoms with Crippen LogP contribution in [0.4, 0.5) is 10.1 Å². The Morgan fingerprint density at radius 3 is 2.12 bits per heavy atom. The lowest BCUT2D eigenvalue weighted by molar-refractivity contribution is -0.123. The molecule has 138 valence electrons. The fraction of sp³-hybridized carbons (Fsp3) is 0.556. The zero-order chi connectivity index (χ0) is 18.1. The van der Waals surface area contributed by atoms with Crippen molar-refractivity contribution in [2.75, 3.05) is 51.1 Å². The summed E-state index contributed by atoms with van der Waals surface area (Å²) in [5.74, 6) is -0.374. The monoisotopic (exact) mass is 350 g/mol. The van der Waals surface area contributed by atoms with Gasteiger partial charge in [-0.3, -0.25) is 19.4 Å². The van der Waals surface area contributed by atoms with Crippen LogP contribution in [0.15, 0.2) is 24.3 Å². The normalized spacial score (nSPS) is 15.8. The number of nitrogens with zero attached hydrogens (tertiary/aromatic N) is 2. The van der Waals surface area contributed by atoms with Gasteiger partial charge in [-0.1, -0.05) is 13.3 Å². The van der Waals surface area contributed by atoms with Gasteiger partial charge < -0.3 is 10.6 Å². The van der Waals surface area contributed by atoms with Crippen molar-refractivity contribution in [2.24, 2.45) is 0 Å². The molecule has 0 bridgehead atoms. The Labute approximate surface area is 148 Å². The van der Waals surface area contributed by atoms with E-state index in [4.69, 9.17) is 0 Å². The maximum Gasteiger partial charge on any atom is 0.238 e. The Bertz CT molecular complexity index is 557. The summed E-state index contributed by atoms with van der Waals surface area (Å²) >= 11 is 0. The zero-order valence-corrected chi connectivity index (χ0v) is 14.8. The van der Waals surface area contributed by atoms with Crippen molar-refractivity contribution < 1.29 is 14.0 Å². The average Bonchev–Trinajstić information content (AvgIpc) is 2.59. The minimum atomic E-state index is -0.326. The van der Waals surface area contributed by atoms with Crippen LogP contribution < -0.4 is 10.6 Å². The Balaban J connectivity index is 1.65. The van der Waals surface area contributed by atoms with Gasteiger partial charge in [0, 0.05) is 38.4 Å². The van der Waals surface area contributed by atoms with E-state index in [0.29, 0.717) is 18.8 Å². The molecular formula is C18H27FN4O2. The highest BCUT2D eigenvalue weighted by atomic mass is 19.1. The van der Waals surface area contributed by atoms with E-state index in [0.717, 1.165) is 45.6 Å². The van der Waals surface area contributed by atoms with Crippen molar-refractivity contribution in [2.45, 2.75) is 19.8 Å². The summed E-state index contributed by atoms with van der Waals surface area (Å²) in [6.07, 6.45) is 2.07. The van der Waals surface area contributed by atoms with E-state index in [1.54, 1.807) is 12.1 Å². The van der Waals surface area contributed by atoms with E-state index in [9.17, 15) is 14.0 Å². The minimum Gasteiger partial charge on any atom is -0.355 e. The molecule has 0 atom stereocenters. The SMILES string of the molecule is CCCCNC(=O)CN1CCN(CC(=O)Nc2ccc(F)cc2)CC1. The number of hydrogen-bond acceptors (Lipinski definition) is 4. The lowest BCUT2D eigenvalue weighted by Crippen LogP contribution is -2.51. The molecule has 1 aromatic carbocycles. The van der Waals surface area contributed by atoms with Crippen LogP contribution in [0.2, 0.25) is 0 Å². The van der Waals surface area contributed by atoms with Gasteiger partial charge in [0.15, 0.2) is 0 Å². The van der Waals surface area contributed by atoms with Crippen LogP contribution in [0.3, 0.4) is 0 Å². The molecule has 1 fully saturated rings. The molecule has 0 aliphatic carbocycles. The highest BCUT2D eigenvalue weighted by Gasteiger charge is 2.20. The van der Waals surface area contributed by atoms with Gasteiger partial charge in [0.2, 0.25) is 11.8 Å². The molecule has 0 unspecified atom stereocenters. The van der Waals surface area contributed by atoms with Crippen molar-refractivity contribution >= 4 is 17.5 Å². The maximum absolute atomic E-state index is 12.9. The van der Waals surface area contributed by atoms with Gasteiger partial charge >= 0.3 is 0 Å². The van der Waals surface area contributed by atoms with Crippen molar-refractivity contribution in [1.29, 1.82) is 0 Å². The number of hydrogen-bond donors (Lipinski definition) is 2. The first-order chi connectivity index (χ1) is 12.1. The summed E-state index contributed by atoms with van der Waals surface area (Å²) in [5, 5.41) is 5.68. The Kier molecular flexibility index (Phi) is 7.81. The largest absolute Gasteiger partial charge is 0.355 e. The maximum atomic E-state index is 12.9. The Hall–Kier alpha value is -1.99. The van der Waals surface area contributed by atoms with Crippen LogP contribution in [-0.2, 0) is 9.59 Å². The van der Waals surface area contributed by atoms with Crippen LogP contribution >= 0.6 is 0 Å². The van der Waals surface area contributed by atoms with Gasteiger partial charge in [-0.2, -0.15) is 0 Å². The second kappa shape index (κ2) is 10.1. The number of carbonyl (C=O) groups excluding carboxylic acids is 2. The molecule has 1 aliphatic heterocycles. The first-order valence-electron chi connectivity index (χ1n) is 8.83. The van der Waals surface area contributed by atoms with E-state index in [-0.39, 0.29) is 17.6 Å². The highest BCUT2D eigenvalue weighted by Crippen LogP contribution is 2.08. The second-order valence-corrected chi connectivity index (χ2v) is 6.31. The summed E-state index contributed by atoms with van der Waals surface area (Å²) in [5.41, 5.74) is 0.591.